The fourth-order valence-electron chi connectivity index (χ4n) is 4.05. The molecular weight excluding hydrogens is 346 g/mol. The number of carbonyl (C=O) groups is 2. The van der Waals surface area contributed by atoms with Crippen LogP contribution in [0.15, 0.2) is 35.5 Å². The van der Waals surface area contributed by atoms with Gasteiger partial charge in [0.2, 0.25) is 0 Å². The Balaban J connectivity index is 1.60. The second-order valence-corrected chi connectivity index (χ2v) is 6.95. The minimum Gasteiger partial charge on any atom is -0.272 e. The van der Waals surface area contributed by atoms with Crippen LogP contribution in [0.5, 0.6) is 0 Å². The van der Waals surface area contributed by atoms with E-state index in [9.17, 15) is 19.7 Å². The first-order chi connectivity index (χ1) is 12.0. The Bertz CT molecular complexity index is 818. The third-order valence-electron chi connectivity index (χ3n) is 5.23. The summed E-state index contributed by atoms with van der Waals surface area (Å²) in [5.41, 5.74) is 0.147. The van der Waals surface area contributed by atoms with Crippen LogP contribution in [0.1, 0.15) is 18.4 Å². The van der Waals surface area contributed by atoms with Gasteiger partial charge in [-0.25, -0.2) is 0 Å². The van der Waals surface area contributed by atoms with Crippen molar-refractivity contribution in [3.05, 3.63) is 51.1 Å². The van der Waals surface area contributed by atoms with Gasteiger partial charge in [0, 0.05) is 11.6 Å². The summed E-state index contributed by atoms with van der Waals surface area (Å²) < 4.78 is 0. The van der Waals surface area contributed by atoms with Crippen LogP contribution in [0.3, 0.4) is 0 Å². The molecule has 0 radical (unpaired) electrons. The summed E-state index contributed by atoms with van der Waals surface area (Å²) in [4.78, 5) is 35.6. The van der Waals surface area contributed by atoms with Crippen LogP contribution in [0.4, 0.5) is 5.69 Å². The van der Waals surface area contributed by atoms with E-state index in [1.165, 1.54) is 18.3 Å². The van der Waals surface area contributed by atoms with Gasteiger partial charge in [-0.15, -0.1) is 0 Å². The lowest BCUT2D eigenvalue weighted by molar-refractivity contribution is -0.384. The molecule has 1 aliphatic heterocycles. The fraction of sp³-hybridized carbons (Fsp3) is 0.353. The molecule has 8 heteroatoms. The molecule has 0 spiro atoms. The van der Waals surface area contributed by atoms with Crippen molar-refractivity contribution < 1.29 is 14.5 Å². The zero-order valence-corrected chi connectivity index (χ0v) is 13.8. The maximum atomic E-state index is 12.6. The molecule has 4 atom stereocenters. The number of nitro groups is 1. The lowest BCUT2D eigenvalue weighted by atomic mass is 9.63. The predicted molar refractivity (Wildman–Crippen MR) is 89.9 cm³/mol. The summed E-state index contributed by atoms with van der Waals surface area (Å²) in [6.45, 7) is 0. The van der Waals surface area contributed by atoms with Gasteiger partial charge < -0.3 is 0 Å². The van der Waals surface area contributed by atoms with Crippen molar-refractivity contribution in [1.82, 2.24) is 5.01 Å². The van der Waals surface area contributed by atoms with Crippen molar-refractivity contribution in [2.45, 2.75) is 12.8 Å². The van der Waals surface area contributed by atoms with Crippen molar-refractivity contribution in [3.63, 3.8) is 0 Å². The lowest BCUT2D eigenvalue weighted by Gasteiger charge is -2.37. The van der Waals surface area contributed by atoms with Gasteiger partial charge in [0.15, 0.2) is 0 Å². The molecule has 2 amide bonds. The molecule has 4 aliphatic rings. The first kappa shape index (κ1) is 16.0. The summed E-state index contributed by atoms with van der Waals surface area (Å²) in [5, 5.41) is 15.9. The number of carbonyl (C=O) groups excluding carboxylic acids is 2. The zero-order valence-electron chi connectivity index (χ0n) is 13.0. The predicted octanol–water partition coefficient (Wildman–Crippen LogP) is 2.78. The number of rotatable bonds is 3. The Morgan fingerprint density at radius 1 is 1.16 bits per heavy atom. The highest BCUT2D eigenvalue weighted by molar-refractivity contribution is 6.32. The molecule has 25 heavy (non-hydrogen) atoms. The van der Waals surface area contributed by atoms with E-state index in [1.807, 2.05) is 12.2 Å². The molecule has 2 bridgehead atoms. The second-order valence-electron chi connectivity index (χ2n) is 6.54. The number of imide groups is 1. The molecule has 1 aromatic rings. The normalized spacial score (nSPS) is 30.4. The summed E-state index contributed by atoms with van der Waals surface area (Å²) in [6, 6.07) is 4.19. The minimum absolute atomic E-state index is 0.0177. The minimum atomic E-state index is -0.593. The monoisotopic (exact) mass is 359 g/mol. The SMILES string of the molecule is O=C1[C@H]2[C@H](C(=O)N1/N=C\c1ccc(Cl)c([N+](=O)[O-])c1)[C@H]1C=C[C@H]2CC1. The van der Waals surface area contributed by atoms with Crippen molar-refractivity contribution in [1.29, 1.82) is 0 Å². The standard InChI is InChI=1S/C17H14ClN3O4/c18-12-6-1-9(7-13(12)21(24)25)8-19-20-16(22)14-10-2-3-11(5-4-10)15(14)17(20)23/h1-3,6-8,10-11,14-15H,4-5H2/b19-8-/t10-,11-,14+,15+/m0/s1. The summed E-state index contributed by atoms with van der Waals surface area (Å²) in [5.74, 6) is -1.02. The average Bonchev–Trinajstić information content (AvgIpc) is 2.88. The Kier molecular flexibility index (Phi) is 3.68. The number of halogens is 1. The van der Waals surface area contributed by atoms with Crippen molar-refractivity contribution >= 4 is 35.3 Å². The van der Waals surface area contributed by atoms with E-state index in [2.05, 4.69) is 5.10 Å². The van der Waals surface area contributed by atoms with Crippen LogP contribution in [0.2, 0.25) is 5.02 Å². The Morgan fingerprint density at radius 3 is 2.28 bits per heavy atom. The van der Waals surface area contributed by atoms with Crippen LogP contribution in [-0.2, 0) is 9.59 Å². The van der Waals surface area contributed by atoms with Crippen LogP contribution in [0, 0.1) is 33.8 Å². The highest BCUT2D eigenvalue weighted by atomic mass is 35.5. The number of hydrogen-bond acceptors (Lipinski definition) is 5. The van der Waals surface area contributed by atoms with Gasteiger partial charge >= 0.3 is 0 Å². The maximum Gasteiger partial charge on any atom is 0.288 e. The highest BCUT2D eigenvalue weighted by Gasteiger charge is 2.56. The smallest absolute Gasteiger partial charge is 0.272 e. The van der Waals surface area contributed by atoms with Crippen molar-refractivity contribution in [2.75, 3.05) is 0 Å². The van der Waals surface area contributed by atoms with Gasteiger partial charge in [-0.05, 0) is 30.7 Å². The molecule has 1 aromatic carbocycles. The van der Waals surface area contributed by atoms with Gasteiger partial charge in [-0.1, -0.05) is 29.8 Å². The van der Waals surface area contributed by atoms with Gasteiger partial charge in [-0.3, -0.25) is 19.7 Å². The highest BCUT2D eigenvalue weighted by Crippen LogP contribution is 2.49. The quantitative estimate of drug-likeness (QED) is 0.273. The molecule has 0 unspecified atom stereocenters. The number of nitrogens with zero attached hydrogens (tertiary/aromatic N) is 3. The molecule has 1 heterocycles. The number of hydrazone groups is 1. The third kappa shape index (κ3) is 2.46. The zero-order chi connectivity index (χ0) is 17.7. The molecular formula is C17H14ClN3O4. The average molecular weight is 360 g/mol. The maximum absolute atomic E-state index is 12.6. The van der Waals surface area contributed by atoms with Crippen LogP contribution < -0.4 is 0 Å². The molecule has 3 aliphatic carbocycles. The topological polar surface area (TPSA) is 92.9 Å². The largest absolute Gasteiger partial charge is 0.288 e. The number of fused-ring (bicyclic) bond motifs is 1. The molecule has 7 nitrogen and oxygen atoms in total. The van der Waals surface area contributed by atoms with Crippen LogP contribution >= 0.6 is 11.6 Å². The molecule has 1 saturated heterocycles. The van der Waals surface area contributed by atoms with Crippen molar-refractivity contribution in [3.8, 4) is 0 Å². The summed E-state index contributed by atoms with van der Waals surface area (Å²) >= 11 is 5.77. The first-order valence-electron chi connectivity index (χ1n) is 8.01. The van der Waals surface area contributed by atoms with Crippen LogP contribution in [0.25, 0.3) is 0 Å². The summed E-state index contributed by atoms with van der Waals surface area (Å²) in [7, 11) is 0. The Morgan fingerprint density at radius 2 is 1.76 bits per heavy atom. The first-order valence-corrected chi connectivity index (χ1v) is 8.39. The van der Waals surface area contributed by atoms with Gasteiger partial charge in [0.25, 0.3) is 17.5 Å². The van der Waals surface area contributed by atoms with Gasteiger partial charge in [0.1, 0.15) is 5.02 Å². The fourth-order valence-corrected chi connectivity index (χ4v) is 4.23. The van der Waals surface area contributed by atoms with E-state index in [-0.39, 0.29) is 46.2 Å². The molecule has 0 aromatic heterocycles. The van der Waals surface area contributed by atoms with Crippen molar-refractivity contribution in [2.24, 2.45) is 28.8 Å². The Hall–Kier alpha value is -2.54. The van der Waals surface area contributed by atoms with E-state index >= 15 is 0 Å². The molecule has 5 rings (SSSR count). The summed E-state index contributed by atoms with van der Waals surface area (Å²) in [6.07, 6.45) is 7.20. The lowest BCUT2D eigenvalue weighted by Crippen LogP contribution is -2.38. The van der Waals surface area contributed by atoms with E-state index in [0.717, 1.165) is 17.9 Å². The molecule has 2 fully saturated rings. The number of amides is 2. The Labute approximate surface area is 148 Å². The van der Waals surface area contributed by atoms with Gasteiger partial charge in [-0.2, -0.15) is 10.1 Å². The van der Waals surface area contributed by atoms with Gasteiger partial charge in [0.05, 0.1) is 23.0 Å². The molecule has 128 valence electrons. The van der Waals surface area contributed by atoms with E-state index < -0.39 is 4.92 Å². The van der Waals surface area contributed by atoms with E-state index in [4.69, 9.17) is 11.6 Å². The number of nitro benzene ring substituents is 1. The number of allylic oxidation sites excluding steroid dienone is 2. The second kappa shape index (κ2) is 5.77. The van der Waals surface area contributed by atoms with E-state index in [0.29, 0.717) is 5.56 Å². The number of benzene rings is 1. The van der Waals surface area contributed by atoms with E-state index in [1.54, 1.807) is 6.07 Å². The molecule has 1 saturated carbocycles. The third-order valence-corrected chi connectivity index (χ3v) is 5.54. The number of hydrogen-bond donors (Lipinski definition) is 0. The van der Waals surface area contributed by atoms with Crippen LogP contribution in [-0.4, -0.2) is 28.0 Å². The molecule has 0 N–H and O–H groups in total.